The molecule has 1 rings (SSSR count). The maximum atomic E-state index is 13.1. The molecular formula is C8H6BrFO4. The van der Waals surface area contributed by atoms with Gasteiger partial charge in [0.2, 0.25) is 0 Å². The number of phenols is 1. The predicted octanol–water partition coefficient (Wildman–Crippen LogP) is 1.41. The van der Waals surface area contributed by atoms with Crippen LogP contribution in [-0.2, 0) is 4.79 Å². The standard InChI is InChI=1S/C8H6BrFO4/c9-3-1-4(10)6(5(11)2-3)7(12)8(13)14/h1-2,7,11-12H,(H,13,14). The van der Waals surface area contributed by atoms with Gasteiger partial charge < -0.3 is 15.3 Å². The molecule has 14 heavy (non-hydrogen) atoms. The van der Waals surface area contributed by atoms with E-state index in [-0.39, 0.29) is 4.47 Å². The summed E-state index contributed by atoms with van der Waals surface area (Å²) in [5.74, 6) is -3.21. The zero-order valence-corrected chi connectivity index (χ0v) is 8.32. The number of phenolic OH excluding ortho intramolecular Hbond substituents is 1. The van der Waals surface area contributed by atoms with Gasteiger partial charge >= 0.3 is 5.97 Å². The van der Waals surface area contributed by atoms with Crippen molar-refractivity contribution in [3.8, 4) is 5.75 Å². The summed E-state index contributed by atoms with van der Waals surface area (Å²) in [7, 11) is 0. The lowest BCUT2D eigenvalue weighted by molar-refractivity contribution is -0.147. The van der Waals surface area contributed by atoms with Gasteiger partial charge in [0.05, 0.1) is 5.56 Å². The van der Waals surface area contributed by atoms with Gasteiger partial charge in [0.1, 0.15) is 11.6 Å². The van der Waals surface area contributed by atoms with E-state index in [0.29, 0.717) is 0 Å². The monoisotopic (exact) mass is 264 g/mol. The van der Waals surface area contributed by atoms with Gasteiger partial charge in [0, 0.05) is 4.47 Å². The van der Waals surface area contributed by atoms with Gasteiger partial charge in [-0.05, 0) is 12.1 Å². The number of aliphatic hydroxyl groups is 1. The van der Waals surface area contributed by atoms with Crippen molar-refractivity contribution >= 4 is 21.9 Å². The summed E-state index contributed by atoms with van der Waals surface area (Å²) in [5.41, 5.74) is -0.638. The number of aliphatic carboxylic acids is 1. The summed E-state index contributed by atoms with van der Waals surface area (Å²) >= 11 is 2.90. The smallest absolute Gasteiger partial charge is 0.337 e. The molecule has 0 fully saturated rings. The Labute approximate surface area is 86.7 Å². The average Bonchev–Trinajstić information content (AvgIpc) is 2.01. The minimum absolute atomic E-state index is 0.258. The third kappa shape index (κ3) is 2.02. The minimum atomic E-state index is -2.07. The second kappa shape index (κ2) is 3.93. The van der Waals surface area contributed by atoms with E-state index in [1.165, 1.54) is 0 Å². The van der Waals surface area contributed by atoms with Crippen molar-refractivity contribution in [2.75, 3.05) is 0 Å². The second-order valence-electron chi connectivity index (χ2n) is 2.56. The van der Waals surface area contributed by atoms with Gasteiger partial charge in [-0.1, -0.05) is 15.9 Å². The molecule has 0 aliphatic heterocycles. The summed E-state index contributed by atoms with van der Waals surface area (Å²) in [6.07, 6.45) is -2.07. The van der Waals surface area contributed by atoms with Gasteiger partial charge in [-0.2, -0.15) is 0 Å². The number of hydrogen-bond donors (Lipinski definition) is 3. The molecule has 4 nitrogen and oxygen atoms in total. The molecule has 6 heteroatoms. The predicted molar refractivity (Wildman–Crippen MR) is 48.4 cm³/mol. The third-order valence-electron chi connectivity index (χ3n) is 1.58. The fourth-order valence-electron chi connectivity index (χ4n) is 0.965. The summed E-state index contributed by atoms with van der Waals surface area (Å²) in [6, 6.07) is 2.06. The Morgan fingerprint density at radius 2 is 2.07 bits per heavy atom. The van der Waals surface area contributed by atoms with Crippen molar-refractivity contribution in [1.82, 2.24) is 0 Å². The van der Waals surface area contributed by atoms with E-state index in [4.69, 9.17) is 10.2 Å². The molecule has 0 saturated heterocycles. The normalized spacial score (nSPS) is 12.5. The van der Waals surface area contributed by atoms with Crippen molar-refractivity contribution in [1.29, 1.82) is 0 Å². The second-order valence-corrected chi connectivity index (χ2v) is 3.48. The summed E-state index contributed by atoms with van der Waals surface area (Å²) in [6.45, 7) is 0. The number of halogens is 2. The molecule has 0 radical (unpaired) electrons. The molecule has 0 amide bonds. The van der Waals surface area contributed by atoms with Gasteiger partial charge in [-0.15, -0.1) is 0 Å². The molecule has 0 aromatic heterocycles. The van der Waals surface area contributed by atoms with Crippen LogP contribution in [0.4, 0.5) is 4.39 Å². The molecule has 0 bridgehead atoms. The van der Waals surface area contributed by atoms with Crippen LogP contribution in [0.1, 0.15) is 11.7 Å². The van der Waals surface area contributed by atoms with Crippen LogP contribution in [0, 0.1) is 5.82 Å². The number of aliphatic hydroxyl groups excluding tert-OH is 1. The average molecular weight is 265 g/mol. The molecule has 76 valence electrons. The van der Waals surface area contributed by atoms with Crippen LogP contribution in [-0.4, -0.2) is 21.3 Å². The largest absolute Gasteiger partial charge is 0.507 e. The van der Waals surface area contributed by atoms with Crippen molar-refractivity contribution in [3.05, 3.63) is 28.0 Å². The lowest BCUT2D eigenvalue weighted by Crippen LogP contribution is -2.12. The molecule has 1 aromatic rings. The van der Waals surface area contributed by atoms with Crippen LogP contribution < -0.4 is 0 Å². The number of carbonyl (C=O) groups is 1. The van der Waals surface area contributed by atoms with Crippen molar-refractivity contribution in [2.24, 2.45) is 0 Å². The SMILES string of the molecule is O=C(O)C(O)c1c(O)cc(Br)cc1F. The quantitative estimate of drug-likeness (QED) is 0.755. The van der Waals surface area contributed by atoms with Crippen LogP contribution in [0.25, 0.3) is 0 Å². The third-order valence-corrected chi connectivity index (χ3v) is 2.04. The first-order chi connectivity index (χ1) is 6.43. The lowest BCUT2D eigenvalue weighted by Gasteiger charge is -2.09. The number of carboxylic acids is 1. The van der Waals surface area contributed by atoms with Crippen LogP contribution in [0.2, 0.25) is 0 Å². The van der Waals surface area contributed by atoms with E-state index in [9.17, 15) is 14.3 Å². The highest BCUT2D eigenvalue weighted by Gasteiger charge is 2.24. The Hall–Kier alpha value is -1.14. The molecule has 3 N–H and O–H groups in total. The van der Waals surface area contributed by atoms with Gasteiger partial charge in [0.15, 0.2) is 6.10 Å². The molecule has 0 aliphatic carbocycles. The van der Waals surface area contributed by atoms with Crippen LogP contribution in [0.15, 0.2) is 16.6 Å². The van der Waals surface area contributed by atoms with Crippen LogP contribution in [0.5, 0.6) is 5.75 Å². The zero-order valence-electron chi connectivity index (χ0n) is 6.74. The minimum Gasteiger partial charge on any atom is -0.507 e. The molecule has 1 atom stereocenters. The Kier molecular flexibility index (Phi) is 3.07. The van der Waals surface area contributed by atoms with E-state index in [2.05, 4.69) is 15.9 Å². The van der Waals surface area contributed by atoms with Crippen molar-refractivity contribution < 1.29 is 24.5 Å². The van der Waals surface area contributed by atoms with Crippen molar-refractivity contribution in [2.45, 2.75) is 6.10 Å². The van der Waals surface area contributed by atoms with E-state index in [1.807, 2.05) is 0 Å². The maximum absolute atomic E-state index is 13.1. The number of rotatable bonds is 2. The summed E-state index contributed by atoms with van der Waals surface area (Å²) in [5, 5.41) is 26.6. The number of hydrogen-bond acceptors (Lipinski definition) is 3. The van der Waals surface area contributed by atoms with Gasteiger partial charge in [-0.3, -0.25) is 0 Å². The van der Waals surface area contributed by atoms with Crippen molar-refractivity contribution in [3.63, 3.8) is 0 Å². The zero-order chi connectivity index (χ0) is 10.9. The molecular weight excluding hydrogens is 259 g/mol. The Bertz CT molecular complexity index is 357. The maximum Gasteiger partial charge on any atom is 0.337 e. The summed E-state index contributed by atoms with van der Waals surface area (Å²) in [4.78, 5) is 10.3. The molecule has 0 spiro atoms. The van der Waals surface area contributed by atoms with E-state index < -0.39 is 29.2 Å². The van der Waals surface area contributed by atoms with Crippen LogP contribution >= 0.6 is 15.9 Å². The molecule has 0 aliphatic rings. The van der Waals surface area contributed by atoms with Gasteiger partial charge in [0.25, 0.3) is 0 Å². The highest BCUT2D eigenvalue weighted by molar-refractivity contribution is 9.10. The molecule has 0 saturated carbocycles. The Balaban J connectivity index is 3.27. The highest BCUT2D eigenvalue weighted by atomic mass is 79.9. The fourth-order valence-corrected chi connectivity index (χ4v) is 1.38. The van der Waals surface area contributed by atoms with E-state index >= 15 is 0 Å². The number of aromatic hydroxyl groups is 1. The highest BCUT2D eigenvalue weighted by Crippen LogP contribution is 2.30. The van der Waals surface area contributed by atoms with E-state index in [1.54, 1.807) is 0 Å². The number of carboxylic acid groups (broad SMARTS) is 1. The Morgan fingerprint density at radius 3 is 2.50 bits per heavy atom. The lowest BCUT2D eigenvalue weighted by atomic mass is 10.1. The Morgan fingerprint density at radius 1 is 1.50 bits per heavy atom. The first-order valence-electron chi connectivity index (χ1n) is 3.52. The molecule has 1 aromatic carbocycles. The fraction of sp³-hybridized carbons (Fsp3) is 0.125. The molecule has 1 unspecified atom stereocenters. The molecule has 0 heterocycles. The van der Waals surface area contributed by atoms with Crippen LogP contribution in [0.3, 0.4) is 0 Å². The first kappa shape index (κ1) is 10.9. The topological polar surface area (TPSA) is 77.8 Å². The first-order valence-corrected chi connectivity index (χ1v) is 4.31. The summed E-state index contributed by atoms with van der Waals surface area (Å²) < 4.78 is 13.4. The van der Waals surface area contributed by atoms with Gasteiger partial charge in [-0.25, -0.2) is 9.18 Å². The number of benzene rings is 1. The van der Waals surface area contributed by atoms with E-state index in [0.717, 1.165) is 12.1 Å².